The molecule has 0 unspecified atom stereocenters. The number of amides is 1. The van der Waals surface area contributed by atoms with Crippen molar-refractivity contribution in [3.63, 3.8) is 0 Å². The van der Waals surface area contributed by atoms with Gasteiger partial charge in [0, 0.05) is 13.1 Å². The molecule has 0 aromatic heterocycles. The number of amidine groups is 1. The zero-order valence-corrected chi connectivity index (χ0v) is 6.66. The van der Waals surface area contributed by atoms with Crippen LogP contribution >= 0.6 is 0 Å². The molecule has 0 spiro atoms. The molecule has 1 rings (SSSR count). The van der Waals surface area contributed by atoms with Gasteiger partial charge in [-0.05, 0) is 0 Å². The minimum Gasteiger partial charge on any atom is -0.409 e. The van der Waals surface area contributed by atoms with Crippen LogP contribution in [0.4, 0.5) is 0 Å². The monoisotopic (exact) mass is 172 g/mol. The van der Waals surface area contributed by atoms with Crippen molar-refractivity contribution in [1.82, 2.24) is 10.2 Å². The molecule has 1 saturated heterocycles. The Kier molecular flexibility index (Phi) is 2.87. The number of carbonyl (C=O) groups excluding carboxylic acids is 1. The fraction of sp³-hybridized carbons (Fsp3) is 0.667. The smallest absolute Gasteiger partial charge is 0.234 e. The maximum absolute atomic E-state index is 10.8. The largest absolute Gasteiger partial charge is 0.409 e. The Bertz CT molecular complexity index is 204. The summed E-state index contributed by atoms with van der Waals surface area (Å²) in [6.45, 7) is 2.01. The molecule has 0 aliphatic carbocycles. The van der Waals surface area contributed by atoms with E-state index >= 15 is 0 Å². The summed E-state index contributed by atoms with van der Waals surface area (Å²) in [5.74, 6) is 0.108. The number of rotatable bonds is 2. The molecule has 1 aliphatic rings. The third kappa shape index (κ3) is 2.39. The molecule has 1 heterocycles. The predicted molar refractivity (Wildman–Crippen MR) is 42.9 cm³/mol. The van der Waals surface area contributed by atoms with Gasteiger partial charge in [-0.3, -0.25) is 9.69 Å². The van der Waals surface area contributed by atoms with Crippen molar-refractivity contribution in [2.75, 3.05) is 26.2 Å². The van der Waals surface area contributed by atoms with E-state index in [2.05, 4.69) is 10.5 Å². The molecule has 68 valence electrons. The molecule has 1 fully saturated rings. The lowest BCUT2D eigenvalue weighted by molar-refractivity contribution is -0.123. The number of nitrogens with two attached hydrogens (primary N) is 1. The van der Waals surface area contributed by atoms with Gasteiger partial charge in [0.2, 0.25) is 5.91 Å². The van der Waals surface area contributed by atoms with Crippen molar-refractivity contribution in [3.05, 3.63) is 0 Å². The number of piperazine rings is 1. The first-order valence-electron chi connectivity index (χ1n) is 3.68. The summed E-state index contributed by atoms with van der Waals surface area (Å²) in [5, 5.41) is 13.8. The standard InChI is InChI=1S/C6H12N4O2/c7-5(9-12)3-10-2-1-8-6(11)4-10/h12H,1-4H2,(H2,7,9)(H,8,11). The van der Waals surface area contributed by atoms with Gasteiger partial charge in [0.15, 0.2) is 5.84 Å². The van der Waals surface area contributed by atoms with E-state index in [1.54, 1.807) is 0 Å². The number of oxime groups is 1. The second-order valence-electron chi connectivity index (χ2n) is 2.65. The van der Waals surface area contributed by atoms with Crippen LogP contribution in [0.3, 0.4) is 0 Å². The molecule has 0 saturated carbocycles. The summed E-state index contributed by atoms with van der Waals surface area (Å²) in [6, 6.07) is 0. The summed E-state index contributed by atoms with van der Waals surface area (Å²) >= 11 is 0. The van der Waals surface area contributed by atoms with Gasteiger partial charge in [-0.25, -0.2) is 0 Å². The lowest BCUT2D eigenvalue weighted by Crippen LogP contribution is -2.50. The normalized spacial score (nSPS) is 20.7. The lowest BCUT2D eigenvalue weighted by Gasteiger charge is -2.25. The molecule has 0 bridgehead atoms. The fourth-order valence-corrected chi connectivity index (χ4v) is 1.09. The second-order valence-corrected chi connectivity index (χ2v) is 2.65. The van der Waals surface area contributed by atoms with Crippen LogP contribution in [0.2, 0.25) is 0 Å². The molecule has 6 nitrogen and oxygen atoms in total. The minimum absolute atomic E-state index is 0.0213. The lowest BCUT2D eigenvalue weighted by atomic mass is 10.3. The molecular formula is C6H12N4O2. The highest BCUT2D eigenvalue weighted by Gasteiger charge is 2.16. The molecule has 1 aliphatic heterocycles. The number of nitrogens with one attached hydrogen (secondary N) is 1. The highest BCUT2D eigenvalue weighted by atomic mass is 16.4. The molecule has 4 N–H and O–H groups in total. The summed E-state index contributed by atoms with van der Waals surface area (Å²) in [4.78, 5) is 12.7. The quantitative estimate of drug-likeness (QED) is 0.198. The van der Waals surface area contributed by atoms with Gasteiger partial charge in [0.1, 0.15) is 0 Å². The highest BCUT2D eigenvalue weighted by Crippen LogP contribution is 1.91. The molecule has 12 heavy (non-hydrogen) atoms. The summed E-state index contributed by atoms with van der Waals surface area (Å²) in [6.07, 6.45) is 0. The van der Waals surface area contributed by atoms with Gasteiger partial charge in [0.25, 0.3) is 0 Å². The van der Waals surface area contributed by atoms with Crippen molar-refractivity contribution in [1.29, 1.82) is 0 Å². The molecule has 0 atom stereocenters. The Labute approximate surface area is 70.0 Å². The third-order valence-corrected chi connectivity index (χ3v) is 1.63. The van der Waals surface area contributed by atoms with Crippen molar-refractivity contribution >= 4 is 11.7 Å². The summed E-state index contributed by atoms with van der Waals surface area (Å²) in [7, 11) is 0. The zero-order chi connectivity index (χ0) is 8.97. The molecule has 6 heteroatoms. The number of nitrogens with zero attached hydrogens (tertiary/aromatic N) is 2. The molecule has 0 radical (unpaired) electrons. The molecule has 0 aromatic carbocycles. The summed E-state index contributed by atoms with van der Waals surface area (Å²) < 4.78 is 0. The first-order valence-corrected chi connectivity index (χ1v) is 3.68. The average molecular weight is 172 g/mol. The van der Waals surface area contributed by atoms with E-state index in [1.807, 2.05) is 4.90 Å². The van der Waals surface area contributed by atoms with Crippen LogP contribution in [-0.2, 0) is 4.79 Å². The van der Waals surface area contributed by atoms with Crippen LogP contribution in [0, 0.1) is 0 Å². The van der Waals surface area contributed by atoms with E-state index in [0.717, 1.165) is 6.54 Å². The van der Waals surface area contributed by atoms with Crippen molar-refractivity contribution in [2.24, 2.45) is 10.9 Å². The van der Waals surface area contributed by atoms with Crippen LogP contribution in [0.25, 0.3) is 0 Å². The molecule has 0 aromatic rings. The van der Waals surface area contributed by atoms with Crippen molar-refractivity contribution in [3.8, 4) is 0 Å². The van der Waals surface area contributed by atoms with Gasteiger partial charge in [-0.15, -0.1) is 0 Å². The number of hydrogen-bond acceptors (Lipinski definition) is 4. The van der Waals surface area contributed by atoms with E-state index in [0.29, 0.717) is 19.6 Å². The van der Waals surface area contributed by atoms with E-state index in [4.69, 9.17) is 10.9 Å². The fourth-order valence-electron chi connectivity index (χ4n) is 1.09. The summed E-state index contributed by atoms with van der Waals surface area (Å²) in [5.41, 5.74) is 5.28. The van der Waals surface area contributed by atoms with Crippen molar-refractivity contribution in [2.45, 2.75) is 0 Å². The van der Waals surface area contributed by atoms with Gasteiger partial charge in [-0.2, -0.15) is 0 Å². The number of carbonyl (C=O) groups is 1. The van der Waals surface area contributed by atoms with E-state index in [1.165, 1.54) is 0 Å². The first kappa shape index (κ1) is 8.79. The van der Waals surface area contributed by atoms with E-state index < -0.39 is 0 Å². The topological polar surface area (TPSA) is 91.0 Å². The molecule has 1 amide bonds. The van der Waals surface area contributed by atoms with Gasteiger partial charge >= 0.3 is 0 Å². The van der Waals surface area contributed by atoms with Gasteiger partial charge in [-0.1, -0.05) is 5.16 Å². The maximum Gasteiger partial charge on any atom is 0.234 e. The minimum atomic E-state index is -0.0213. The first-order chi connectivity index (χ1) is 5.72. The Morgan fingerprint density at radius 2 is 2.58 bits per heavy atom. The Balaban J connectivity index is 2.37. The molecular weight excluding hydrogens is 160 g/mol. The van der Waals surface area contributed by atoms with Crippen LogP contribution in [-0.4, -0.2) is 48.0 Å². The van der Waals surface area contributed by atoms with Crippen LogP contribution in [0.15, 0.2) is 5.16 Å². The zero-order valence-electron chi connectivity index (χ0n) is 6.66. The highest BCUT2D eigenvalue weighted by molar-refractivity contribution is 5.83. The third-order valence-electron chi connectivity index (χ3n) is 1.63. The van der Waals surface area contributed by atoms with Crippen LogP contribution in [0.1, 0.15) is 0 Å². The second kappa shape index (κ2) is 3.91. The van der Waals surface area contributed by atoms with Crippen LogP contribution < -0.4 is 11.1 Å². The SMILES string of the molecule is N/C(CN1CCNC(=O)C1)=N\O. The Morgan fingerprint density at radius 1 is 1.83 bits per heavy atom. The van der Waals surface area contributed by atoms with E-state index in [-0.39, 0.29) is 11.7 Å². The van der Waals surface area contributed by atoms with Gasteiger partial charge < -0.3 is 16.3 Å². The predicted octanol–water partition coefficient (Wildman–Crippen LogP) is -1.84. The van der Waals surface area contributed by atoms with Gasteiger partial charge in [0.05, 0.1) is 13.1 Å². The Hall–Kier alpha value is -1.30. The Morgan fingerprint density at radius 3 is 3.17 bits per heavy atom. The van der Waals surface area contributed by atoms with E-state index in [9.17, 15) is 4.79 Å². The van der Waals surface area contributed by atoms with Crippen molar-refractivity contribution < 1.29 is 10.0 Å². The van der Waals surface area contributed by atoms with Crippen LogP contribution in [0.5, 0.6) is 0 Å². The number of hydrogen-bond donors (Lipinski definition) is 3. The average Bonchev–Trinajstić information content (AvgIpc) is 2.04. The maximum atomic E-state index is 10.8.